The smallest absolute Gasteiger partial charge is 0.237 e. The minimum absolute atomic E-state index is 0.0396. The molecule has 146 valence electrons. The van der Waals surface area contributed by atoms with Crippen LogP contribution in [-0.2, 0) is 11.3 Å². The fourth-order valence-electron chi connectivity index (χ4n) is 2.67. The molecule has 1 N–H and O–H groups in total. The number of aromatic nitrogens is 2. The van der Waals surface area contributed by atoms with Crippen molar-refractivity contribution in [2.45, 2.75) is 24.7 Å². The molecule has 0 aliphatic carbocycles. The number of hydrogen-bond acceptors (Lipinski definition) is 6. The Morgan fingerprint density at radius 3 is 2.64 bits per heavy atom. The number of thioether (sulfide) groups is 1. The first-order valence-electron chi connectivity index (χ1n) is 8.87. The van der Waals surface area contributed by atoms with Crippen molar-refractivity contribution in [2.24, 2.45) is 0 Å². The standard InChI is InChI=1S/C20H21FN4OS2/c1-3-25(17-7-5-4-6-14(17)2)18(26)13-27-20-24-23-19(28-20)22-12-15-8-10-16(21)11-9-15/h4-11H,3,12-13H2,1-2H3,(H,22,23). The van der Waals surface area contributed by atoms with Gasteiger partial charge in [-0.25, -0.2) is 4.39 Å². The topological polar surface area (TPSA) is 58.1 Å². The second kappa shape index (κ2) is 9.66. The summed E-state index contributed by atoms with van der Waals surface area (Å²) in [6, 6.07) is 14.2. The second-order valence-corrected chi connectivity index (χ2v) is 8.27. The van der Waals surface area contributed by atoms with Crippen LogP contribution in [0.15, 0.2) is 52.9 Å². The summed E-state index contributed by atoms with van der Waals surface area (Å²) in [6.07, 6.45) is 0. The Kier molecular flexibility index (Phi) is 7.00. The Morgan fingerprint density at radius 2 is 1.93 bits per heavy atom. The molecule has 3 rings (SSSR count). The minimum atomic E-state index is -0.255. The molecule has 0 saturated heterocycles. The molecule has 0 unspecified atom stereocenters. The zero-order valence-corrected chi connectivity index (χ0v) is 17.3. The predicted octanol–water partition coefficient (Wildman–Crippen LogP) is 4.74. The number of rotatable bonds is 8. The summed E-state index contributed by atoms with van der Waals surface area (Å²) in [5.74, 6) is 0.0852. The minimum Gasteiger partial charge on any atom is -0.356 e. The molecule has 0 fully saturated rings. The van der Waals surface area contributed by atoms with E-state index in [1.807, 2.05) is 38.1 Å². The number of aryl methyl sites for hydroxylation is 1. The van der Waals surface area contributed by atoms with E-state index in [-0.39, 0.29) is 11.7 Å². The summed E-state index contributed by atoms with van der Waals surface area (Å²) in [6.45, 7) is 5.12. The molecule has 0 aliphatic rings. The van der Waals surface area contributed by atoms with Gasteiger partial charge in [0, 0.05) is 18.8 Å². The number of nitrogens with zero attached hydrogens (tertiary/aromatic N) is 3. The lowest BCUT2D eigenvalue weighted by atomic mass is 10.2. The zero-order valence-electron chi connectivity index (χ0n) is 15.7. The van der Waals surface area contributed by atoms with Gasteiger partial charge in [0.25, 0.3) is 0 Å². The summed E-state index contributed by atoms with van der Waals surface area (Å²) in [5.41, 5.74) is 2.97. The lowest BCUT2D eigenvalue weighted by Gasteiger charge is -2.22. The summed E-state index contributed by atoms with van der Waals surface area (Å²) >= 11 is 2.78. The molecule has 0 radical (unpaired) electrons. The van der Waals surface area contributed by atoms with Crippen LogP contribution >= 0.6 is 23.1 Å². The van der Waals surface area contributed by atoms with E-state index in [9.17, 15) is 9.18 Å². The molecule has 0 spiro atoms. The number of anilines is 2. The third-order valence-electron chi connectivity index (χ3n) is 4.11. The Morgan fingerprint density at radius 1 is 1.18 bits per heavy atom. The van der Waals surface area contributed by atoms with Gasteiger partial charge in [-0.2, -0.15) is 0 Å². The van der Waals surface area contributed by atoms with E-state index >= 15 is 0 Å². The van der Waals surface area contributed by atoms with Crippen molar-refractivity contribution in [3.05, 3.63) is 65.5 Å². The number of nitrogens with one attached hydrogen (secondary N) is 1. The summed E-state index contributed by atoms with van der Waals surface area (Å²) in [4.78, 5) is 14.4. The zero-order chi connectivity index (χ0) is 19.9. The molecule has 1 amide bonds. The predicted molar refractivity (Wildman–Crippen MR) is 114 cm³/mol. The van der Waals surface area contributed by atoms with Crippen molar-refractivity contribution in [2.75, 3.05) is 22.5 Å². The molecule has 5 nitrogen and oxygen atoms in total. The Hall–Kier alpha value is -2.45. The summed E-state index contributed by atoms with van der Waals surface area (Å²) in [5, 5.41) is 12.1. The van der Waals surface area contributed by atoms with Crippen LogP contribution in [0.5, 0.6) is 0 Å². The van der Waals surface area contributed by atoms with Crippen molar-refractivity contribution in [3.8, 4) is 0 Å². The van der Waals surface area contributed by atoms with Crippen LogP contribution in [0.4, 0.5) is 15.2 Å². The van der Waals surface area contributed by atoms with Gasteiger partial charge in [0.15, 0.2) is 4.34 Å². The number of para-hydroxylation sites is 1. The van der Waals surface area contributed by atoms with Gasteiger partial charge >= 0.3 is 0 Å². The Bertz CT molecular complexity index is 930. The first-order valence-corrected chi connectivity index (χ1v) is 10.7. The number of benzene rings is 2. The molecule has 1 heterocycles. The quantitative estimate of drug-likeness (QED) is 0.538. The van der Waals surface area contributed by atoms with Crippen LogP contribution in [0.2, 0.25) is 0 Å². The van der Waals surface area contributed by atoms with Crippen molar-refractivity contribution >= 4 is 39.8 Å². The Balaban J connectivity index is 1.54. The summed E-state index contributed by atoms with van der Waals surface area (Å²) in [7, 11) is 0. The number of hydrogen-bond donors (Lipinski definition) is 1. The molecule has 0 atom stereocenters. The van der Waals surface area contributed by atoms with E-state index < -0.39 is 0 Å². The van der Waals surface area contributed by atoms with E-state index in [0.717, 1.165) is 21.2 Å². The first-order chi connectivity index (χ1) is 13.6. The van der Waals surface area contributed by atoms with Gasteiger partial charge in [-0.15, -0.1) is 10.2 Å². The van der Waals surface area contributed by atoms with Crippen LogP contribution in [0.25, 0.3) is 0 Å². The number of amides is 1. The number of halogens is 1. The van der Waals surface area contributed by atoms with Gasteiger partial charge in [-0.1, -0.05) is 53.4 Å². The average molecular weight is 417 g/mol. The highest BCUT2D eigenvalue weighted by Gasteiger charge is 2.17. The molecule has 0 bridgehead atoms. The first kappa shape index (κ1) is 20.3. The van der Waals surface area contributed by atoms with E-state index in [1.54, 1.807) is 17.0 Å². The third-order valence-corrected chi connectivity index (χ3v) is 6.11. The molecule has 2 aromatic carbocycles. The molecular formula is C20H21FN4OS2. The molecule has 0 saturated carbocycles. The third kappa shape index (κ3) is 5.30. The highest BCUT2D eigenvalue weighted by atomic mass is 32.2. The Labute approximate surface area is 172 Å². The van der Waals surface area contributed by atoms with Crippen LogP contribution < -0.4 is 10.2 Å². The van der Waals surface area contributed by atoms with Crippen LogP contribution in [0.3, 0.4) is 0 Å². The highest BCUT2D eigenvalue weighted by Crippen LogP contribution is 2.27. The van der Waals surface area contributed by atoms with Gasteiger partial charge in [-0.05, 0) is 43.2 Å². The van der Waals surface area contributed by atoms with Gasteiger partial charge < -0.3 is 10.2 Å². The van der Waals surface area contributed by atoms with Gasteiger partial charge in [-0.3, -0.25) is 4.79 Å². The van der Waals surface area contributed by atoms with Crippen molar-refractivity contribution in [1.82, 2.24) is 10.2 Å². The van der Waals surface area contributed by atoms with E-state index in [0.29, 0.717) is 24.0 Å². The molecular weight excluding hydrogens is 395 g/mol. The van der Waals surface area contributed by atoms with Gasteiger partial charge in [0.1, 0.15) is 5.82 Å². The molecule has 28 heavy (non-hydrogen) atoms. The fraction of sp³-hybridized carbons (Fsp3) is 0.250. The SMILES string of the molecule is CCN(C(=O)CSc1nnc(NCc2ccc(F)cc2)s1)c1ccccc1C. The van der Waals surface area contributed by atoms with Crippen molar-refractivity contribution in [1.29, 1.82) is 0 Å². The number of carbonyl (C=O) groups excluding carboxylic acids is 1. The maximum Gasteiger partial charge on any atom is 0.237 e. The lowest BCUT2D eigenvalue weighted by Crippen LogP contribution is -2.32. The van der Waals surface area contributed by atoms with Crippen LogP contribution in [0, 0.1) is 12.7 Å². The molecule has 8 heteroatoms. The normalized spacial score (nSPS) is 10.7. The largest absolute Gasteiger partial charge is 0.356 e. The van der Waals surface area contributed by atoms with E-state index in [2.05, 4.69) is 15.5 Å². The number of carbonyl (C=O) groups is 1. The highest BCUT2D eigenvalue weighted by molar-refractivity contribution is 8.01. The maximum atomic E-state index is 12.9. The fourth-order valence-corrected chi connectivity index (χ4v) is 4.29. The lowest BCUT2D eigenvalue weighted by molar-refractivity contribution is -0.116. The van der Waals surface area contributed by atoms with Crippen molar-refractivity contribution < 1.29 is 9.18 Å². The van der Waals surface area contributed by atoms with Crippen molar-refractivity contribution in [3.63, 3.8) is 0 Å². The van der Waals surface area contributed by atoms with Crippen LogP contribution in [-0.4, -0.2) is 28.4 Å². The monoisotopic (exact) mass is 416 g/mol. The average Bonchev–Trinajstić information content (AvgIpc) is 3.16. The molecule has 3 aromatic rings. The second-order valence-electron chi connectivity index (χ2n) is 6.07. The molecule has 1 aromatic heterocycles. The molecule has 0 aliphatic heterocycles. The maximum absolute atomic E-state index is 12.9. The summed E-state index contributed by atoms with van der Waals surface area (Å²) < 4.78 is 13.7. The van der Waals surface area contributed by atoms with Gasteiger partial charge in [0.05, 0.1) is 5.75 Å². The van der Waals surface area contributed by atoms with E-state index in [1.165, 1.54) is 35.2 Å². The van der Waals surface area contributed by atoms with E-state index in [4.69, 9.17) is 0 Å². The van der Waals surface area contributed by atoms with Gasteiger partial charge in [0.2, 0.25) is 11.0 Å². The van der Waals surface area contributed by atoms with Crippen LogP contribution in [0.1, 0.15) is 18.1 Å².